The van der Waals surface area contributed by atoms with Crippen LogP contribution in [0.2, 0.25) is 5.02 Å². The number of carbonyl (C=O) groups excluding carboxylic acids is 1. The van der Waals surface area contributed by atoms with Crippen LogP contribution in [0.4, 0.5) is 10.1 Å². The van der Waals surface area contributed by atoms with Gasteiger partial charge in [0.25, 0.3) is 0 Å². The summed E-state index contributed by atoms with van der Waals surface area (Å²) in [6, 6.07) is 12.8. The SMILES string of the molecule is O=C(CCCOc1ccc(Cl)cc1)Nc1cccc(F)c1. The molecule has 2 aromatic carbocycles. The van der Waals surface area contributed by atoms with Gasteiger partial charge in [-0.2, -0.15) is 0 Å². The molecule has 1 amide bonds. The van der Waals surface area contributed by atoms with Crippen molar-refractivity contribution in [2.45, 2.75) is 12.8 Å². The number of ether oxygens (including phenoxy) is 1. The monoisotopic (exact) mass is 307 g/mol. The number of rotatable bonds is 6. The molecule has 0 fully saturated rings. The molecule has 21 heavy (non-hydrogen) atoms. The van der Waals surface area contributed by atoms with E-state index in [-0.39, 0.29) is 11.7 Å². The quantitative estimate of drug-likeness (QED) is 0.809. The van der Waals surface area contributed by atoms with E-state index in [2.05, 4.69) is 5.32 Å². The van der Waals surface area contributed by atoms with Gasteiger partial charge in [0.2, 0.25) is 5.91 Å². The van der Waals surface area contributed by atoms with Crippen molar-refractivity contribution in [1.82, 2.24) is 0 Å². The Morgan fingerprint density at radius 1 is 1.19 bits per heavy atom. The largest absolute Gasteiger partial charge is 0.494 e. The second kappa shape index (κ2) is 7.64. The van der Waals surface area contributed by atoms with Gasteiger partial charge in [-0.3, -0.25) is 4.79 Å². The number of anilines is 1. The van der Waals surface area contributed by atoms with E-state index in [9.17, 15) is 9.18 Å². The first-order valence-electron chi connectivity index (χ1n) is 6.57. The molecule has 0 radical (unpaired) electrons. The molecule has 0 aliphatic rings. The van der Waals surface area contributed by atoms with Gasteiger partial charge in [0.1, 0.15) is 11.6 Å². The Hall–Kier alpha value is -2.07. The van der Waals surface area contributed by atoms with Crippen LogP contribution in [0.5, 0.6) is 5.75 Å². The van der Waals surface area contributed by atoms with Gasteiger partial charge < -0.3 is 10.1 Å². The van der Waals surface area contributed by atoms with Crippen LogP contribution in [-0.4, -0.2) is 12.5 Å². The van der Waals surface area contributed by atoms with E-state index >= 15 is 0 Å². The first-order chi connectivity index (χ1) is 10.1. The van der Waals surface area contributed by atoms with E-state index in [1.807, 2.05) is 0 Å². The number of benzene rings is 2. The lowest BCUT2D eigenvalue weighted by molar-refractivity contribution is -0.116. The highest BCUT2D eigenvalue weighted by Gasteiger charge is 2.03. The zero-order valence-electron chi connectivity index (χ0n) is 11.3. The molecule has 2 aromatic rings. The maximum absolute atomic E-state index is 13.0. The fraction of sp³-hybridized carbons (Fsp3) is 0.188. The van der Waals surface area contributed by atoms with Crippen molar-refractivity contribution >= 4 is 23.2 Å². The van der Waals surface area contributed by atoms with E-state index in [1.54, 1.807) is 36.4 Å². The molecule has 0 aromatic heterocycles. The highest BCUT2D eigenvalue weighted by molar-refractivity contribution is 6.30. The lowest BCUT2D eigenvalue weighted by atomic mass is 10.2. The fourth-order valence-corrected chi connectivity index (χ4v) is 1.87. The third-order valence-corrected chi connectivity index (χ3v) is 2.99. The molecule has 0 saturated carbocycles. The minimum absolute atomic E-state index is 0.166. The Kier molecular flexibility index (Phi) is 5.58. The van der Waals surface area contributed by atoms with Crippen LogP contribution in [0, 0.1) is 5.82 Å². The van der Waals surface area contributed by atoms with E-state index in [4.69, 9.17) is 16.3 Å². The van der Waals surface area contributed by atoms with Crippen LogP contribution >= 0.6 is 11.6 Å². The molecule has 0 aliphatic heterocycles. The lowest BCUT2D eigenvalue weighted by Crippen LogP contribution is -2.12. The van der Waals surface area contributed by atoms with Gasteiger partial charge in [-0.25, -0.2) is 4.39 Å². The van der Waals surface area contributed by atoms with Crippen molar-refractivity contribution in [3.8, 4) is 5.75 Å². The summed E-state index contributed by atoms with van der Waals surface area (Å²) < 4.78 is 18.4. The highest BCUT2D eigenvalue weighted by Crippen LogP contribution is 2.16. The molecule has 0 aliphatic carbocycles. The van der Waals surface area contributed by atoms with Gasteiger partial charge >= 0.3 is 0 Å². The molecule has 0 atom stereocenters. The smallest absolute Gasteiger partial charge is 0.224 e. The summed E-state index contributed by atoms with van der Waals surface area (Å²) in [4.78, 5) is 11.7. The van der Waals surface area contributed by atoms with E-state index < -0.39 is 0 Å². The summed E-state index contributed by atoms with van der Waals surface area (Å²) in [5, 5.41) is 3.29. The molecule has 0 heterocycles. The number of nitrogens with one attached hydrogen (secondary N) is 1. The number of amides is 1. The van der Waals surface area contributed by atoms with Crippen LogP contribution in [0.3, 0.4) is 0 Å². The molecule has 1 N–H and O–H groups in total. The summed E-state index contributed by atoms with van der Waals surface area (Å²) in [5.41, 5.74) is 0.457. The van der Waals surface area contributed by atoms with Crippen LogP contribution in [0.15, 0.2) is 48.5 Å². The van der Waals surface area contributed by atoms with Gasteiger partial charge in [-0.05, 0) is 48.9 Å². The Balaban J connectivity index is 1.68. The van der Waals surface area contributed by atoms with E-state index in [0.717, 1.165) is 0 Å². The average Bonchev–Trinajstić information content (AvgIpc) is 2.45. The minimum Gasteiger partial charge on any atom is -0.494 e. The maximum atomic E-state index is 13.0. The average molecular weight is 308 g/mol. The van der Waals surface area contributed by atoms with Gasteiger partial charge in [0, 0.05) is 17.1 Å². The van der Waals surface area contributed by atoms with Crippen molar-refractivity contribution in [2.75, 3.05) is 11.9 Å². The first kappa shape index (κ1) is 15.3. The zero-order chi connectivity index (χ0) is 15.1. The van der Waals surface area contributed by atoms with Crippen LogP contribution in [0.25, 0.3) is 0 Å². The standard InChI is InChI=1S/C16H15ClFNO2/c17-12-6-8-15(9-7-12)21-10-2-5-16(20)19-14-4-1-3-13(18)11-14/h1,3-4,6-9,11H,2,5,10H2,(H,19,20). The minimum atomic E-state index is -0.376. The molecule has 110 valence electrons. The molecular formula is C16H15ClFNO2. The summed E-state index contributed by atoms with van der Waals surface area (Å²) in [6.07, 6.45) is 0.883. The highest BCUT2D eigenvalue weighted by atomic mass is 35.5. The summed E-state index contributed by atoms with van der Waals surface area (Å²) in [5.74, 6) is 0.170. The van der Waals surface area contributed by atoms with Gasteiger partial charge in [-0.1, -0.05) is 17.7 Å². The molecule has 0 spiro atoms. The molecule has 2 rings (SSSR count). The topological polar surface area (TPSA) is 38.3 Å². The number of hydrogen-bond donors (Lipinski definition) is 1. The molecule has 5 heteroatoms. The Labute approximate surface area is 127 Å². The van der Waals surface area contributed by atoms with Crippen molar-refractivity contribution < 1.29 is 13.9 Å². The summed E-state index contributed by atoms with van der Waals surface area (Å²) in [7, 11) is 0. The van der Waals surface area contributed by atoms with Gasteiger partial charge in [-0.15, -0.1) is 0 Å². The molecule has 0 unspecified atom stereocenters. The molecule has 0 bridgehead atoms. The number of carbonyl (C=O) groups is 1. The summed E-state index contributed by atoms with van der Waals surface area (Å²) >= 11 is 5.77. The normalized spacial score (nSPS) is 10.2. The third-order valence-electron chi connectivity index (χ3n) is 2.74. The fourth-order valence-electron chi connectivity index (χ4n) is 1.74. The second-order valence-electron chi connectivity index (χ2n) is 4.46. The number of halogens is 2. The second-order valence-corrected chi connectivity index (χ2v) is 4.90. The van der Waals surface area contributed by atoms with Crippen molar-refractivity contribution in [2.24, 2.45) is 0 Å². The lowest BCUT2D eigenvalue weighted by Gasteiger charge is -2.07. The Morgan fingerprint density at radius 2 is 1.95 bits per heavy atom. The van der Waals surface area contributed by atoms with E-state index in [0.29, 0.717) is 35.9 Å². The zero-order valence-corrected chi connectivity index (χ0v) is 12.1. The van der Waals surface area contributed by atoms with Gasteiger partial charge in [0.15, 0.2) is 0 Å². The van der Waals surface area contributed by atoms with Crippen molar-refractivity contribution in [1.29, 1.82) is 0 Å². The van der Waals surface area contributed by atoms with Crippen molar-refractivity contribution in [3.05, 3.63) is 59.4 Å². The Bertz CT molecular complexity index is 601. The number of hydrogen-bond acceptors (Lipinski definition) is 2. The first-order valence-corrected chi connectivity index (χ1v) is 6.95. The van der Waals surface area contributed by atoms with Crippen molar-refractivity contribution in [3.63, 3.8) is 0 Å². The van der Waals surface area contributed by atoms with Gasteiger partial charge in [0.05, 0.1) is 6.61 Å². The van der Waals surface area contributed by atoms with E-state index in [1.165, 1.54) is 12.1 Å². The van der Waals surface area contributed by atoms with Crippen LogP contribution in [0.1, 0.15) is 12.8 Å². The molecular weight excluding hydrogens is 293 g/mol. The third kappa shape index (κ3) is 5.44. The predicted octanol–water partition coefficient (Wildman–Crippen LogP) is 4.28. The molecule has 0 saturated heterocycles. The van der Waals surface area contributed by atoms with Crippen LogP contribution in [-0.2, 0) is 4.79 Å². The van der Waals surface area contributed by atoms with Crippen LogP contribution < -0.4 is 10.1 Å². The predicted molar refractivity (Wildman–Crippen MR) is 81.2 cm³/mol. The maximum Gasteiger partial charge on any atom is 0.224 e. The Morgan fingerprint density at radius 3 is 2.67 bits per heavy atom. The summed E-state index contributed by atoms with van der Waals surface area (Å²) in [6.45, 7) is 0.429. The molecule has 3 nitrogen and oxygen atoms in total.